The molecule has 1 heterocycles. The normalized spacial score (nSPS) is 10.7. The van der Waals surface area contributed by atoms with Crippen LogP contribution in [0.3, 0.4) is 0 Å². The van der Waals surface area contributed by atoms with Crippen LogP contribution in [0.15, 0.2) is 30.3 Å². The third kappa shape index (κ3) is 3.66. The molecule has 0 saturated heterocycles. The molecule has 0 fully saturated rings. The zero-order valence-corrected chi connectivity index (χ0v) is 11.9. The number of benzene rings is 1. The molecule has 0 aliphatic rings. The number of nitrogens with zero attached hydrogens (tertiary/aromatic N) is 2. The number of anilines is 1. The van der Waals surface area contributed by atoms with Crippen molar-refractivity contribution in [1.29, 1.82) is 0 Å². The average Bonchev–Trinajstić information content (AvgIpc) is 2.38. The Morgan fingerprint density at radius 2 is 2.05 bits per heavy atom. The van der Waals surface area contributed by atoms with E-state index in [0.717, 1.165) is 6.54 Å². The monoisotopic (exact) mass is 275 g/mol. The topological polar surface area (TPSA) is 47.0 Å². The van der Waals surface area contributed by atoms with Crippen LogP contribution in [-0.4, -0.2) is 16.5 Å². The number of hydrogen-bond acceptors (Lipinski definition) is 4. The number of rotatable bonds is 5. The minimum absolute atomic E-state index is 0.184. The summed E-state index contributed by atoms with van der Waals surface area (Å²) in [5.41, 5.74) is 0. The highest BCUT2D eigenvalue weighted by Gasteiger charge is 2.09. The van der Waals surface area contributed by atoms with Crippen LogP contribution in [-0.2, 0) is 0 Å². The standard InChI is InChI=1S/C15H18FN3O/c1-4-17-13-9-14(19-15(18-13)10(2)3)20-12-7-5-6-11(16)8-12/h5-10H,4H2,1-3H3,(H,17,18,19). The van der Waals surface area contributed by atoms with Gasteiger partial charge in [0.1, 0.15) is 23.2 Å². The molecule has 1 N–H and O–H groups in total. The molecule has 4 nitrogen and oxygen atoms in total. The van der Waals surface area contributed by atoms with Crippen molar-refractivity contribution < 1.29 is 9.13 Å². The molecule has 0 unspecified atom stereocenters. The zero-order chi connectivity index (χ0) is 14.5. The molecular weight excluding hydrogens is 257 g/mol. The zero-order valence-electron chi connectivity index (χ0n) is 11.9. The van der Waals surface area contributed by atoms with Crippen LogP contribution < -0.4 is 10.1 Å². The Balaban J connectivity index is 2.30. The predicted molar refractivity (Wildman–Crippen MR) is 76.8 cm³/mol. The van der Waals surface area contributed by atoms with Crippen LogP contribution >= 0.6 is 0 Å². The van der Waals surface area contributed by atoms with Crippen LogP contribution in [0.4, 0.5) is 10.2 Å². The summed E-state index contributed by atoms with van der Waals surface area (Å²) in [7, 11) is 0. The Kier molecular flexibility index (Phi) is 4.50. The van der Waals surface area contributed by atoms with Gasteiger partial charge in [0.25, 0.3) is 0 Å². The second-order valence-electron chi connectivity index (χ2n) is 4.69. The Morgan fingerprint density at radius 1 is 1.25 bits per heavy atom. The third-order valence-electron chi connectivity index (χ3n) is 2.61. The lowest BCUT2D eigenvalue weighted by molar-refractivity contribution is 0.453. The molecule has 2 rings (SSSR count). The molecule has 2 aromatic rings. The van der Waals surface area contributed by atoms with Crippen molar-refractivity contribution in [2.45, 2.75) is 26.7 Å². The molecule has 5 heteroatoms. The summed E-state index contributed by atoms with van der Waals surface area (Å²) in [5.74, 6) is 2.06. The highest BCUT2D eigenvalue weighted by Crippen LogP contribution is 2.24. The summed E-state index contributed by atoms with van der Waals surface area (Å²) < 4.78 is 18.8. The van der Waals surface area contributed by atoms with E-state index >= 15 is 0 Å². The Morgan fingerprint density at radius 3 is 2.70 bits per heavy atom. The van der Waals surface area contributed by atoms with E-state index in [1.807, 2.05) is 20.8 Å². The number of halogens is 1. The lowest BCUT2D eigenvalue weighted by Crippen LogP contribution is -2.05. The van der Waals surface area contributed by atoms with Gasteiger partial charge in [0.15, 0.2) is 0 Å². The minimum Gasteiger partial charge on any atom is -0.439 e. The minimum atomic E-state index is -0.340. The SMILES string of the molecule is CCNc1cc(Oc2cccc(F)c2)nc(C(C)C)n1. The summed E-state index contributed by atoms with van der Waals surface area (Å²) in [6, 6.07) is 7.69. The fourth-order valence-corrected chi connectivity index (χ4v) is 1.68. The van der Waals surface area contributed by atoms with E-state index in [4.69, 9.17) is 4.74 Å². The van der Waals surface area contributed by atoms with Crippen LogP contribution in [0.25, 0.3) is 0 Å². The first kappa shape index (κ1) is 14.2. The van der Waals surface area contributed by atoms with Crippen molar-refractivity contribution in [1.82, 2.24) is 9.97 Å². The van der Waals surface area contributed by atoms with E-state index in [1.54, 1.807) is 18.2 Å². The summed E-state index contributed by atoms with van der Waals surface area (Å²) >= 11 is 0. The summed E-state index contributed by atoms with van der Waals surface area (Å²) in [6.45, 7) is 6.77. The lowest BCUT2D eigenvalue weighted by Gasteiger charge is -2.11. The van der Waals surface area contributed by atoms with E-state index in [1.165, 1.54) is 12.1 Å². The second kappa shape index (κ2) is 6.32. The van der Waals surface area contributed by atoms with E-state index in [0.29, 0.717) is 23.3 Å². The summed E-state index contributed by atoms with van der Waals surface area (Å²) in [6.07, 6.45) is 0. The van der Waals surface area contributed by atoms with Crippen LogP contribution in [0.5, 0.6) is 11.6 Å². The second-order valence-corrected chi connectivity index (χ2v) is 4.69. The molecule has 0 atom stereocenters. The molecule has 1 aromatic carbocycles. The van der Waals surface area contributed by atoms with Crippen molar-refractivity contribution >= 4 is 5.82 Å². The van der Waals surface area contributed by atoms with Gasteiger partial charge in [-0.05, 0) is 19.1 Å². The van der Waals surface area contributed by atoms with Gasteiger partial charge in [0, 0.05) is 24.6 Å². The molecule has 0 spiro atoms. The van der Waals surface area contributed by atoms with E-state index in [2.05, 4.69) is 15.3 Å². The lowest BCUT2D eigenvalue weighted by atomic mass is 10.2. The van der Waals surface area contributed by atoms with Gasteiger partial charge in [-0.25, -0.2) is 9.37 Å². The van der Waals surface area contributed by atoms with Gasteiger partial charge in [-0.15, -0.1) is 0 Å². The maximum Gasteiger partial charge on any atom is 0.224 e. The summed E-state index contributed by atoms with van der Waals surface area (Å²) in [4.78, 5) is 8.75. The molecule has 106 valence electrons. The molecule has 0 aliphatic carbocycles. The molecule has 0 bridgehead atoms. The number of ether oxygens (including phenoxy) is 1. The number of hydrogen-bond donors (Lipinski definition) is 1. The van der Waals surface area contributed by atoms with Crippen LogP contribution in [0.2, 0.25) is 0 Å². The van der Waals surface area contributed by atoms with Crippen LogP contribution in [0.1, 0.15) is 32.5 Å². The van der Waals surface area contributed by atoms with Gasteiger partial charge < -0.3 is 10.1 Å². The molecule has 20 heavy (non-hydrogen) atoms. The average molecular weight is 275 g/mol. The maximum atomic E-state index is 13.2. The molecule has 1 aromatic heterocycles. The smallest absolute Gasteiger partial charge is 0.224 e. The third-order valence-corrected chi connectivity index (χ3v) is 2.61. The Bertz CT molecular complexity index is 587. The van der Waals surface area contributed by atoms with Gasteiger partial charge >= 0.3 is 0 Å². The summed E-state index contributed by atoms with van der Waals surface area (Å²) in [5, 5.41) is 3.14. The van der Waals surface area contributed by atoms with E-state index in [-0.39, 0.29) is 11.7 Å². The first-order valence-corrected chi connectivity index (χ1v) is 6.64. The van der Waals surface area contributed by atoms with E-state index in [9.17, 15) is 4.39 Å². The number of nitrogens with one attached hydrogen (secondary N) is 1. The predicted octanol–water partition coefficient (Wildman–Crippen LogP) is 3.96. The molecule has 0 amide bonds. The highest BCUT2D eigenvalue weighted by atomic mass is 19.1. The van der Waals surface area contributed by atoms with Gasteiger partial charge in [0.2, 0.25) is 5.88 Å². The fourth-order valence-electron chi connectivity index (χ4n) is 1.68. The Labute approximate surface area is 118 Å². The molecule has 0 aliphatic heterocycles. The van der Waals surface area contributed by atoms with E-state index < -0.39 is 0 Å². The van der Waals surface area contributed by atoms with Gasteiger partial charge in [-0.1, -0.05) is 19.9 Å². The first-order chi connectivity index (χ1) is 9.58. The van der Waals surface area contributed by atoms with Crippen molar-refractivity contribution in [3.63, 3.8) is 0 Å². The van der Waals surface area contributed by atoms with Crippen molar-refractivity contribution in [3.8, 4) is 11.6 Å². The molecule has 0 saturated carbocycles. The Hall–Kier alpha value is -2.17. The van der Waals surface area contributed by atoms with Gasteiger partial charge in [-0.2, -0.15) is 4.98 Å². The van der Waals surface area contributed by atoms with Crippen LogP contribution in [0, 0.1) is 5.82 Å². The van der Waals surface area contributed by atoms with Gasteiger partial charge in [0.05, 0.1) is 0 Å². The largest absolute Gasteiger partial charge is 0.439 e. The molecular formula is C15H18FN3O. The number of aromatic nitrogens is 2. The van der Waals surface area contributed by atoms with Crippen molar-refractivity contribution in [3.05, 3.63) is 42.0 Å². The van der Waals surface area contributed by atoms with Crippen molar-refractivity contribution in [2.75, 3.05) is 11.9 Å². The quantitative estimate of drug-likeness (QED) is 0.897. The maximum absolute atomic E-state index is 13.2. The van der Waals surface area contributed by atoms with Crippen molar-refractivity contribution in [2.24, 2.45) is 0 Å². The first-order valence-electron chi connectivity index (χ1n) is 6.64. The highest BCUT2D eigenvalue weighted by molar-refractivity contribution is 5.40. The molecule has 0 radical (unpaired) electrons. The fraction of sp³-hybridized carbons (Fsp3) is 0.333. The van der Waals surface area contributed by atoms with Gasteiger partial charge in [-0.3, -0.25) is 0 Å².